The van der Waals surface area contributed by atoms with Gasteiger partial charge in [0.15, 0.2) is 0 Å². The van der Waals surface area contributed by atoms with Gasteiger partial charge in [0.1, 0.15) is 0 Å². The van der Waals surface area contributed by atoms with Crippen molar-refractivity contribution in [2.45, 2.75) is 46.1 Å². The fourth-order valence-corrected chi connectivity index (χ4v) is 2.81. The molecule has 0 heterocycles. The maximum atomic E-state index is 10.1. The average molecular weight is 180 g/mol. The molecule has 2 fully saturated rings. The third kappa shape index (κ3) is 1.34. The minimum Gasteiger partial charge on any atom is -0.390 e. The molecular formula is C12H20O. The van der Waals surface area contributed by atoms with E-state index in [0.717, 1.165) is 12.8 Å². The summed E-state index contributed by atoms with van der Waals surface area (Å²) in [6, 6.07) is 0. The lowest BCUT2D eigenvalue weighted by Crippen LogP contribution is -2.13. The van der Waals surface area contributed by atoms with E-state index in [-0.39, 0.29) is 5.60 Å². The maximum Gasteiger partial charge on any atom is 0.0689 e. The van der Waals surface area contributed by atoms with Gasteiger partial charge in [0.05, 0.1) is 5.60 Å². The molecule has 0 bridgehead atoms. The standard InChI is InChI=1S/C12H20O/c1-8(2)7-9-10(11(9,3)4)12(13)5-6-12/h7,9-10,13H,5-6H2,1-4H3. The van der Waals surface area contributed by atoms with E-state index in [0.29, 0.717) is 17.3 Å². The van der Waals surface area contributed by atoms with Crippen LogP contribution in [0, 0.1) is 17.3 Å². The Morgan fingerprint density at radius 1 is 1.31 bits per heavy atom. The van der Waals surface area contributed by atoms with Crippen molar-refractivity contribution >= 4 is 0 Å². The van der Waals surface area contributed by atoms with Crippen LogP contribution in [0.5, 0.6) is 0 Å². The van der Waals surface area contributed by atoms with Crippen LogP contribution in [0.1, 0.15) is 40.5 Å². The molecule has 2 saturated carbocycles. The van der Waals surface area contributed by atoms with Gasteiger partial charge in [-0.3, -0.25) is 0 Å². The highest BCUT2D eigenvalue weighted by atomic mass is 16.3. The maximum absolute atomic E-state index is 10.1. The first-order chi connectivity index (χ1) is 5.88. The molecule has 1 heteroatoms. The van der Waals surface area contributed by atoms with Crippen molar-refractivity contribution in [2.75, 3.05) is 0 Å². The molecule has 2 atom stereocenters. The first kappa shape index (κ1) is 9.26. The highest BCUT2D eigenvalue weighted by Gasteiger charge is 2.69. The van der Waals surface area contributed by atoms with Crippen LogP contribution in [-0.4, -0.2) is 10.7 Å². The lowest BCUT2D eigenvalue weighted by Gasteiger charge is -2.07. The third-order valence-corrected chi connectivity index (χ3v) is 3.76. The van der Waals surface area contributed by atoms with E-state index in [2.05, 4.69) is 33.8 Å². The zero-order valence-electron chi connectivity index (χ0n) is 9.09. The minimum atomic E-state index is -0.292. The molecule has 1 N–H and O–H groups in total. The number of hydrogen-bond donors (Lipinski definition) is 1. The van der Waals surface area contributed by atoms with Gasteiger partial charge < -0.3 is 5.11 Å². The number of allylic oxidation sites excluding steroid dienone is 2. The van der Waals surface area contributed by atoms with Gasteiger partial charge in [0, 0.05) is 5.92 Å². The van der Waals surface area contributed by atoms with Crippen molar-refractivity contribution in [3.63, 3.8) is 0 Å². The third-order valence-electron chi connectivity index (χ3n) is 3.76. The van der Waals surface area contributed by atoms with Gasteiger partial charge in [0.2, 0.25) is 0 Å². The Balaban J connectivity index is 2.12. The van der Waals surface area contributed by atoms with Crippen molar-refractivity contribution in [1.82, 2.24) is 0 Å². The summed E-state index contributed by atoms with van der Waals surface area (Å²) in [5, 5.41) is 10.1. The van der Waals surface area contributed by atoms with E-state index in [1.807, 2.05) is 0 Å². The molecule has 0 aliphatic heterocycles. The molecule has 0 saturated heterocycles. The SMILES string of the molecule is CC(C)=CC1C(C2(O)CC2)C1(C)C. The van der Waals surface area contributed by atoms with Gasteiger partial charge >= 0.3 is 0 Å². The average Bonchev–Trinajstić information content (AvgIpc) is 2.76. The van der Waals surface area contributed by atoms with Crippen LogP contribution >= 0.6 is 0 Å². The van der Waals surface area contributed by atoms with Crippen molar-refractivity contribution in [3.8, 4) is 0 Å². The highest BCUT2D eigenvalue weighted by molar-refractivity contribution is 5.25. The largest absolute Gasteiger partial charge is 0.390 e. The lowest BCUT2D eigenvalue weighted by atomic mass is 10.0. The molecule has 2 aliphatic rings. The van der Waals surface area contributed by atoms with Crippen molar-refractivity contribution in [1.29, 1.82) is 0 Å². The quantitative estimate of drug-likeness (QED) is 0.648. The molecule has 2 rings (SSSR count). The van der Waals surface area contributed by atoms with Gasteiger partial charge in [-0.2, -0.15) is 0 Å². The van der Waals surface area contributed by atoms with Crippen molar-refractivity contribution in [2.24, 2.45) is 17.3 Å². The summed E-state index contributed by atoms with van der Waals surface area (Å²) in [5.74, 6) is 1.14. The first-order valence-electron chi connectivity index (χ1n) is 5.25. The molecule has 0 aromatic rings. The Labute approximate surface area is 80.8 Å². The van der Waals surface area contributed by atoms with Crippen LogP contribution in [0.4, 0.5) is 0 Å². The molecule has 0 aromatic heterocycles. The summed E-state index contributed by atoms with van der Waals surface area (Å²) in [6.45, 7) is 8.83. The zero-order chi connectivity index (χ0) is 9.85. The second kappa shape index (κ2) is 2.38. The van der Waals surface area contributed by atoms with Crippen LogP contribution in [0.25, 0.3) is 0 Å². The minimum absolute atomic E-state index is 0.292. The molecule has 0 spiro atoms. The van der Waals surface area contributed by atoms with Gasteiger partial charge in [-0.15, -0.1) is 0 Å². The van der Waals surface area contributed by atoms with Gasteiger partial charge in [-0.05, 0) is 38.0 Å². The lowest BCUT2D eigenvalue weighted by molar-refractivity contribution is 0.109. The van der Waals surface area contributed by atoms with Crippen molar-refractivity contribution in [3.05, 3.63) is 11.6 Å². The zero-order valence-corrected chi connectivity index (χ0v) is 9.09. The van der Waals surface area contributed by atoms with Crippen LogP contribution in [-0.2, 0) is 0 Å². The number of aliphatic hydroxyl groups is 1. The normalized spacial score (nSPS) is 38.2. The molecule has 0 aromatic carbocycles. The second-order valence-electron chi connectivity index (χ2n) is 5.67. The van der Waals surface area contributed by atoms with E-state index in [9.17, 15) is 5.11 Å². The van der Waals surface area contributed by atoms with Gasteiger partial charge in [-0.25, -0.2) is 0 Å². The van der Waals surface area contributed by atoms with Crippen LogP contribution in [0.2, 0.25) is 0 Å². The summed E-state index contributed by atoms with van der Waals surface area (Å²) >= 11 is 0. The van der Waals surface area contributed by atoms with Gasteiger partial charge in [-0.1, -0.05) is 25.5 Å². The van der Waals surface area contributed by atoms with Crippen molar-refractivity contribution < 1.29 is 5.11 Å². The van der Waals surface area contributed by atoms with Crippen LogP contribution in [0.15, 0.2) is 11.6 Å². The Hall–Kier alpha value is -0.300. The van der Waals surface area contributed by atoms with Gasteiger partial charge in [0.25, 0.3) is 0 Å². The van der Waals surface area contributed by atoms with E-state index in [1.54, 1.807) is 0 Å². The molecule has 2 aliphatic carbocycles. The monoisotopic (exact) mass is 180 g/mol. The summed E-state index contributed by atoms with van der Waals surface area (Å²) in [6.07, 6.45) is 4.38. The first-order valence-corrected chi connectivity index (χ1v) is 5.25. The fraction of sp³-hybridized carbons (Fsp3) is 0.833. The fourth-order valence-electron chi connectivity index (χ4n) is 2.81. The second-order valence-corrected chi connectivity index (χ2v) is 5.67. The Morgan fingerprint density at radius 2 is 1.85 bits per heavy atom. The number of rotatable bonds is 2. The highest BCUT2D eigenvalue weighted by Crippen LogP contribution is 2.69. The van der Waals surface area contributed by atoms with Crippen LogP contribution in [0.3, 0.4) is 0 Å². The topological polar surface area (TPSA) is 20.2 Å². The molecular weight excluding hydrogens is 160 g/mol. The van der Waals surface area contributed by atoms with Crippen LogP contribution < -0.4 is 0 Å². The van der Waals surface area contributed by atoms with E-state index in [1.165, 1.54) is 5.57 Å². The van der Waals surface area contributed by atoms with E-state index >= 15 is 0 Å². The molecule has 0 amide bonds. The summed E-state index contributed by atoms with van der Waals surface area (Å²) in [7, 11) is 0. The summed E-state index contributed by atoms with van der Waals surface area (Å²) in [5.41, 5.74) is 1.42. The summed E-state index contributed by atoms with van der Waals surface area (Å²) in [4.78, 5) is 0. The molecule has 1 nitrogen and oxygen atoms in total. The predicted octanol–water partition coefficient (Wildman–Crippen LogP) is 2.75. The Morgan fingerprint density at radius 3 is 2.23 bits per heavy atom. The molecule has 0 radical (unpaired) electrons. The Kier molecular flexibility index (Phi) is 1.70. The molecule has 74 valence electrons. The van der Waals surface area contributed by atoms with E-state index in [4.69, 9.17) is 0 Å². The number of hydrogen-bond acceptors (Lipinski definition) is 1. The predicted molar refractivity (Wildman–Crippen MR) is 54.4 cm³/mol. The smallest absolute Gasteiger partial charge is 0.0689 e. The summed E-state index contributed by atoms with van der Waals surface area (Å²) < 4.78 is 0. The van der Waals surface area contributed by atoms with E-state index < -0.39 is 0 Å². The molecule has 13 heavy (non-hydrogen) atoms. The molecule has 2 unspecified atom stereocenters. The Bertz CT molecular complexity index is 254.